The molecule has 2 aliphatic heterocycles. The maximum absolute atomic E-state index is 12.6. The monoisotopic (exact) mass is 359 g/mol. The Labute approximate surface area is 147 Å². The number of hydrogen-bond donors (Lipinski definition) is 1. The van der Waals surface area contributed by atoms with Crippen molar-refractivity contribution in [2.75, 3.05) is 0 Å². The molecular formula is C17H14ClN3O4. The van der Waals surface area contributed by atoms with E-state index in [0.717, 1.165) is 17.7 Å². The molecule has 8 heteroatoms. The van der Waals surface area contributed by atoms with Crippen molar-refractivity contribution in [3.8, 4) is 0 Å². The second-order valence-corrected chi connectivity index (χ2v) is 7.48. The van der Waals surface area contributed by atoms with E-state index in [9.17, 15) is 14.4 Å². The lowest BCUT2D eigenvalue weighted by Crippen LogP contribution is -2.42. The number of imide groups is 3. The van der Waals surface area contributed by atoms with Crippen LogP contribution in [0.5, 0.6) is 0 Å². The summed E-state index contributed by atoms with van der Waals surface area (Å²) in [6, 6.07) is 6.30. The number of nitrogens with zero attached hydrogens (tertiary/aromatic N) is 2. The quantitative estimate of drug-likeness (QED) is 0.765. The molecular weight excluding hydrogens is 346 g/mol. The lowest BCUT2D eigenvalue weighted by atomic mass is 9.71. The van der Waals surface area contributed by atoms with Gasteiger partial charge in [0.05, 0.1) is 17.5 Å². The Morgan fingerprint density at radius 3 is 2.40 bits per heavy atom. The van der Waals surface area contributed by atoms with E-state index in [2.05, 4.69) is 5.16 Å². The number of primary amides is 1. The largest absolute Gasteiger partial charge is 0.391 e. The number of halogens is 1. The van der Waals surface area contributed by atoms with Crippen LogP contribution in [0.2, 0.25) is 5.02 Å². The van der Waals surface area contributed by atoms with Crippen LogP contribution in [-0.2, 0) is 14.4 Å². The van der Waals surface area contributed by atoms with Crippen LogP contribution >= 0.6 is 11.6 Å². The van der Waals surface area contributed by atoms with Crippen LogP contribution in [-0.4, -0.2) is 34.6 Å². The predicted octanol–water partition coefficient (Wildman–Crippen LogP) is 1.39. The molecule has 3 fully saturated rings. The van der Waals surface area contributed by atoms with Gasteiger partial charge in [0.15, 0.2) is 0 Å². The van der Waals surface area contributed by atoms with Gasteiger partial charge in [-0.3, -0.25) is 9.59 Å². The Bertz CT molecular complexity index is 852. The van der Waals surface area contributed by atoms with Crippen molar-refractivity contribution < 1.29 is 19.2 Å². The van der Waals surface area contributed by atoms with Crippen LogP contribution in [0, 0.1) is 29.6 Å². The molecule has 2 aliphatic carbocycles. The van der Waals surface area contributed by atoms with Crippen LogP contribution in [0.15, 0.2) is 29.4 Å². The zero-order valence-corrected chi connectivity index (χ0v) is 13.7. The van der Waals surface area contributed by atoms with Crippen molar-refractivity contribution in [2.24, 2.45) is 40.5 Å². The predicted molar refractivity (Wildman–Crippen MR) is 86.4 cm³/mol. The highest BCUT2D eigenvalue weighted by Crippen LogP contribution is 2.61. The number of rotatable bonds is 1. The molecule has 2 N–H and O–H groups in total. The normalized spacial score (nSPS) is 37.8. The van der Waals surface area contributed by atoms with Gasteiger partial charge >= 0.3 is 6.03 Å². The van der Waals surface area contributed by atoms with Crippen molar-refractivity contribution in [1.82, 2.24) is 4.90 Å². The van der Waals surface area contributed by atoms with E-state index in [1.165, 1.54) is 0 Å². The molecule has 4 aliphatic rings. The minimum Gasteiger partial charge on any atom is -0.391 e. The average Bonchev–Trinajstić information content (AvgIpc) is 3.28. The van der Waals surface area contributed by atoms with E-state index < -0.39 is 29.7 Å². The zero-order valence-electron chi connectivity index (χ0n) is 13.0. The molecule has 4 amide bonds. The van der Waals surface area contributed by atoms with Crippen LogP contribution in [0.25, 0.3) is 0 Å². The summed E-state index contributed by atoms with van der Waals surface area (Å²) >= 11 is 5.94. The molecule has 6 atom stereocenters. The molecule has 5 rings (SSSR count). The number of carbonyl (C=O) groups is 3. The van der Waals surface area contributed by atoms with Gasteiger partial charge in [0.2, 0.25) is 11.8 Å². The number of oxime groups is 1. The first kappa shape index (κ1) is 14.9. The number of urea groups is 1. The highest BCUT2D eigenvalue weighted by atomic mass is 35.5. The number of hydrogen-bond acceptors (Lipinski definition) is 5. The summed E-state index contributed by atoms with van der Waals surface area (Å²) in [5, 5.41) is 4.86. The Morgan fingerprint density at radius 2 is 1.76 bits per heavy atom. The average molecular weight is 360 g/mol. The van der Waals surface area contributed by atoms with E-state index in [1.807, 2.05) is 12.1 Å². The lowest BCUT2D eigenvalue weighted by molar-refractivity contribution is -0.137. The number of amides is 4. The SMILES string of the molecule is NC(=O)N1C(=O)[C@@H]2[C@H]3C[C@H]([C@H]4ON=C(c5ccc(Cl)cc5)[C@@H]34)[C@@H]2C1=O. The van der Waals surface area contributed by atoms with Gasteiger partial charge in [0.1, 0.15) is 6.10 Å². The molecule has 1 aromatic rings. The van der Waals surface area contributed by atoms with E-state index in [0.29, 0.717) is 9.92 Å². The molecule has 0 radical (unpaired) electrons. The minimum atomic E-state index is -0.999. The molecule has 0 unspecified atom stereocenters. The Hall–Kier alpha value is -2.41. The Kier molecular flexibility index (Phi) is 2.87. The fourth-order valence-electron chi connectivity index (χ4n) is 5.20. The van der Waals surface area contributed by atoms with E-state index in [1.54, 1.807) is 12.1 Å². The summed E-state index contributed by atoms with van der Waals surface area (Å²) in [4.78, 5) is 42.9. The van der Waals surface area contributed by atoms with E-state index in [-0.39, 0.29) is 23.9 Å². The molecule has 0 aromatic heterocycles. The summed E-state index contributed by atoms with van der Waals surface area (Å²) in [5.41, 5.74) is 6.90. The molecule has 7 nitrogen and oxygen atoms in total. The van der Waals surface area contributed by atoms with Gasteiger partial charge in [-0.1, -0.05) is 28.9 Å². The van der Waals surface area contributed by atoms with Crippen molar-refractivity contribution in [3.05, 3.63) is 34.9 Å². The molecule has 2 saturated carbocycles. The van der Waals surface area contributed by atoms with Crippen LogP contribution < -0.4 is 5.73 Å². The van der Waals surface area contributed by atoms with Crippen LogP contribution in [0.1, 0.15) is 12.0 Å². The van der Waals surface area contributed by atoms with Crippen molar-refractivity contribution in [2.45, 2.75) is 12.5 Å². The third kappa shape index (κ3) is 1.76. The number of fused-ring (bicyclic) bond motifs is 8. The van der Waals surface area contributed by atoms with Gasteiger partial charge in [-0.25, -0.2) is 4.79 Å². The van der Waals surface area contributed by atoms with Gasteiger partial charge in [0.25, 0.3) is 0 Å². The zero-order chi connectivity index (χ0) is 17.5. The molecule has 1 saturated heterocycles. The van der Waals surface area contributed by atoms with Gasteiger partial charge in [-0.15, -0.1) is 0 Å². The third-order valence-electron chi connectivity index (χ3n) is 6.05. The highest BCUT2D eigenvalue weighted by Gasteiger charge is 2.71. The fourth-order valence-corrected chi connectivity index (χ4v) is 5.33. The van der Waals surface area contributed by atoms with Gasteiger partial charge < -0.3 is 10.6 Å². The van der Waals surface area contributed by atoms with Crippen LogP contribution in [0.3, 0.4) is 0 Å². The summed E-state index contributed by atoms with van der Waals surface area (Å²) in [6.07, 6.45) is 0.489. The smallest absolute Gasteiger partial charge is 0.328 e. The first-order chi connectivity index (χ1) is 12.0. The van der Waals surface area contributed by atoms with E-state index in [4.69, 9.17) is 22.2 Å². The topological polar surface area (TPSA) is 102 Å². The molecule has 2 heterocycles. The summed E-state index contributed by atoms with van der Waals surface area (Å²) in [7, 11) is 0. The summed E-state index contributed by atoms with van der Waals surface area (Å²) in [5.74, 6) is -2.24. The fraction of sp³-hybridized carbons (Fsp3) is 0.412. The maximum Gasteiger partial charge on any atom is 0.328 e. The molecule has 128 valence electrons. The van der Waals surface area contributed by atoms with E-state index >= 15 is 0 Å². The molecule has 2 bridgehead atoms. The summed E-state index contributed by atoms with van der Waals surface area (Å²) < 4.78 is 0. The molecule has 25 heavy (non-hydrogen) atoms. The van der Waals surface area contributed by atoms with Crippen molar-refractivity contribution >= 4 is 35.2 Å². The van der Waals surface area contributed by atoms with Gasteiger partial charge in [0, 0.05) is 16.9 Å². The number of carbonyl (C=O) groups excluding carboxylic acids is 3. The first-order valence-corrected chi connectivity index (χ1v) is 8.53. The lowest BCUT2D eigenvalue weighted by Gasteiger charge is -2.29. The first-order valence-electron chi connectivity index (χ1n) is 8.16. The number of likely N-dealkylation sites (tertiary alicyclic amines) is 1. The third-order valence-corrected chi connectivity index (χ3v) is 6.30. The maximum atomic E-state index is 12.6. The number of benzene rings is 1. The minimum absolute atomic E-state index is 0.0583. The van der Waals surface area contributed by atoms with Gasteiger partial charge in [-0.05, 0) is 30.0 Å². The molecule has 1 aromatic carbocycles. The second kappa shape index (κ2) is 4.82. The Balaban J connectivity index is 1.51. The standard InChI is InChI=1S/C17H14ClN3O4/c18-7-3-1-6(2-4-7)13-12-8-5-9(14(12)25-20-13)11-10(8)15(22)21(16(11)23)17(19)24/h1-4,8-12,14H,5H2,(H2,19,24)/t8-,9+,10-,11+,12-,14-/m1/s1. The summed E-state index contributed by atoms with van der Waals surface area (Å²) in [6.45, 7) is 0. The van der Waals surface area contributed by atoms with Crippen molar-refractivity contribution in [3.63, 3.8) is 0 Å². The van der Waals surface area contributed by atoms with Gasteiger partial charge in [-0.2, -0.15) is 4.90 Å². The van der Waals surface area contributed by atoms with Crippen LogP contribution in [0.4, 0.5) is 4.79 Å². The second-order valence-electron chi connectivity index (χ2n) is 7.04. The number of nitrogens with two attached hydrogens (primary N) is 1. The Morgan fingerprint density at radius 1 is 1.12 bits per heavy atom. The highest BCUT2D eigenvalue weighted by molar-refractivity contribution is 6.30. The molecule has 0 spiro atoms. The van der Waals surface area contributed by atoms with Crippen molar-refractivity contribution in [1.29, 1.82) is 0 Å².